The van der Waals surface area contributed by atoms with Crippen molar-refractivity contribution >= 4 is 12.4 Å². The lowest BCUT2D eigenvalue weighted by molar-refractivity contribution is -0.0232. The van der Waals surface area contributed by atoms with Crippen LogP contribution in [-0.2, 0) is 17.8 Å². The number of fused-ring (bicyclic) bond motifs is 1. The Kier molecular flexibility index (Phi) is 7.15. The van der Waals surface area contributed by atoms with E-state index in [0.717, 1.165) is 40.2 Å². The lowest BCUT2D eigenvalue weighted by Crippen LogP contribution is -2.26. The lowest BCUT2D eigenvalue weighted by Gasteiger charge is -2.33. The van der Waals surface area contributed by atoms with Crippen LogP contribution in [0.4, 0.5) is 0 Å². The Morgan fingerprint density at radius 3 is 2.31 bits per heavy atom. The van der Waals surface area contributed by atoms with Crippen LogP contribution in [0.25, 0.3) is 0 Å². The van der Waals surface area contributed by atoms with Crippen LogP contribution < -0.4 is 15.2 Å². The monoisotopic (exact) mass is 411 g/mol. The summed E-state index contributed by atoms with van der Waals surface area (Å²) in [5.74, 6) is 1.52. The average molecular weight is 412 g/mol. The number of hydrogen-bond donors (Lipinski definition) is 1. The van der Waals surface area contributed by atoms with Crippen molar-refractivity contribution in [1.82, 2.24) is 0 Å². The summed E-state index contributed by atoms with van der Waals surface area (Å²) in [4.78, 5) is 0. The van der Waals surface area contributed by atoms with Gasteiger partial charge in [-0.1, -0.05) is 66.7 Å². The fourth-order valence-corrected chi connectivity index (χ4v) is 3.73. The summed E-state index contributed by atoms with van der Waals surface area (Å²) in [5.41, 5.74) is 10.5. The summed E-state index contributed by atoms with van der Waals surface area (Å²) in [6, 6.07) is 24.4. The Labute approximate surface area is 178 Å². The van der Waals surface area contributed by atoms with Gasteiger partial charge in [0.05, 0.1) is 19.3 Å². The third kappa shape index (κ3) is 4.56. The molecule has 1 aliphatic rings. The van der Waals surface area contributed by atoms with Gasteiger partial charge in [-0.3, -0.25) is 0 Å². The molecule has 0 radical (unpaired) electrons. The van der Waals surface area contributed by atoms with Gasteiger partial charge in [0.2, 0.25) is 0 Å². The van der Waals surface area contributed by atoms with Crippen LogP contribution in [0.15, 0.2) is 72.8 Å². The van der Waals surface area contributed by atoms with Crippen LogP contribution in [0, 0.1) is 0 Å². The van der Waals surface area contributed by atoms with E-state index in [2.05, 4.69) is 24.3 Å². The minimum Gasteiger partial charge on any atom is -0.493 e. The van der Waals surface area contributed by atoms with Gasteiger partial charge in [-0.2, -0.15) is 0 Å². The summed E-state index contributed by atoms with van der Waals surface area (Å²) in [7, 11) is 1.67. The fourth-order valence-electron chi connectivity index (χ4n) is 3.73. The van der Waals surface area contributed by atoms with Crippen molar-refractivity contribution in [3.05, 3.63) is 95.1 Å². The Morgan fingerprint density at radius 1 is 0.966 bits per heavy atom. The zero-order chi connectivity index (χ0) is 19.3. The van der Waals surface area contributed by atoms with E-state index < -0.39 is 0 Å². The van der Waals surface area contributed by atoms with Crippen molar-refractivity contribution in [1.29, 1.82) is 0 Å². The molecule has 2 N–H and O–H groups in total. The third-order valence-electron chi connectivity index (χ3n) is 5.16. The maximum absolute atomic E-state index is 6.32. The van der Waals surface area contributed by atoms with E-state index in [0.29, 0.717) is 13.2 Å². The highest BCUT2D eigenvalue weighted by Crippen LogP contribution is 2.44. The first kappa shape index (κ1) is 21.2. The smallest absolute Gasteiger partial charge is 0.165 e. The summed E-state index contributed by atoms with van der Waals surface area (Å²) in [5, 5.41) is 0. The SMILES string of the molecule is COc1ccc2c(c1OCc1ccccc1)CC(c1ccccc1)OC2CN.Cl. The molecule has 0 fully saturated rings. The highest BCUT2D eigenvalue weighted by molar-refractivity contribution is 5.85. The predicted molar refractivity (Wildman–Crippen MR) is 117 cm³/mol. The average Bonchev–Trinajstić information content (AvgIpc) is 2.77. The van der Waals surface area contributed by atoms with Gasteiger partial charge in [0.15, 0.2) is 11.5 Å². The summed E-state index contributed by atoms with van der Waals surface area (Å²) < 4.78 is 18.2. The highest BCUT2D eigenvalue weighted by Gasteiger charge is 2.31. The maximum atomic E-state index is 6.32. The van der Waals surface area contributed by atoms with Gasteiger partial charge >= 0.3 is 0 Å². The Balaban J connectivity index is 0.00000240. The molecule has 2 atom stereocenters. The molecule has 0 saturated carbocycles. The second kappa shape index (κ2) is 9.79. The summed E-state index contributed by atoms with van der Waals surface area (Å²) >= 11 is 0. The molecule has 0 bridgehead atoms. The fraction of sp³-hybridized carbons (Fsp3) is 0.250. The van der Waals surface area contributed by atoms with Crippen molar-refractivity contribution in [2.24, 2.45) is 5.73 Å². The molecule has 4 nitrogen and oxygen atoms in total. The van der Waals surface area contributed by atoms with E-state index in [4.69, 9.17) is 19.9 Å². The van der Waals surface area contributed by atoms with E-state index >= 15 is 0 Å². The summed E-state index contributed by atoms with van der Waals surface area (Å²) in [6.45, 7) is 0.901. The van der Waals surface area contributed by atoms with Crippen LogP contribution in [0.5, 0.6) is 11.5 Å². The van der Waals surface area contributed by atoms with Crippen molar-refractivity contribution in [3.63, 3.8) is 0 Å². The van der Waals surface area contributed by atoms with E-state index in [1.807, 2.05) is 48.5 Å². The molecule has 5 heteroatoms. The third-order valence-corrected chi connectivity index (χ3v) is 5.16. The number of benzene rings is 3. The lowest BCUT2D eigenvalue weighted by atomic mass is 9.90. The molecule has 3 aromatic carbocycles. The van der Waals surface area contributed by atoms with Crippen LogP contribution >= 0.6 is 12.4 Å². The van der Waals surface area contributed by atoms with Crippen LogP contribution in [-0.4, -0.2) is 13.7 Å². The Morgan fingerprint density at radius 2 is 1.66 bits per heavy atom. The molecule has 29 heavy (non-hydrogen) atoms. The van der Waals surface area contributed by atoms with E-state index in [1.165, 1.54) is 0 Å². The van der Waals surface area contributed by atoms with Crippen molar-refractivity contribution in [2.75, 3.05) is 13.7 Å². The van der Waals surface area contributed by atoms with E-state index in [1.54, 1.807) is 7.11 Å². The number of nitrogens with two attached hydrogens (primary N) is 1. The van der Waals surface area contributed by atoms with Gasteiger partial charge in [-0.15, -0.1) is 12.4 Å². The van der Waals surface area contributed by atoms with Gasteiger partial charge in [0, 0.05) is 18.5 Å². The number of halogens is 1. The van der Waals surface area contributed by atoms with Crippen LogP contribution in [0.3, 0.4) is 0 Å². The second-order valence-electron chi connectivity index (χ2n) is 6.90. The standard InChI is InChI=1S/C24H25NO3.ClH/c1-26-21-13-12-19-20(24(21)27-16-17-8-4-2-5-9-17)14-22(28-23(19)15-25)18-10-6-3-7-11-18;/h2-13,22-23H,14-16,25H2,1H3;1H. The molecule has 4 rings (SSSR count). The second-order valence-corrected chi connectivity index (χ2v) is 6.90. The van der Waals surface area contributed by atoms with E-state index in [-0.39, 0.29) is 24.6 Å². The van der Waals surface area contributed by atoms with Gasteiger partial charge in [-0.05, 0) is 22.8 Å². The van der Waals surface area contributed by atoms with E-state index in [9.17, 15) is 0 Å². The summed E-state index contributed by atoms with van der Waals surface area (Å²) in [6.07, 6.45) is 0.490. The molecule has 0 amide bonds. The minimum atomic E-state index is -0.168. The first-order chi connectivity index (χ1) is 13.8. The van der Waals surface area contributed by atoms with Crippen molar-refractivity contribution in [2.45, 2.75) is 25.2 Å². The molecular weight excluding hydrogens is 386 g/mol. The number of rotatable bonds is 6. The number of hydrogen-bond acceptors (Lipinski definition) is 4. The topological polar surface area (TPSA) is 53.7 Å². The normalized spacial score (nSPS) is 17.7. The maximum Gasteiger partial charge on any atom is 0.165 e. The quantitative estimate of drug-likeness (QED) is 0.619. The number of methoxy groups -OCH3 is 1. The van der Waals surface area contributed by atoms with Gasteiger partial charge in [0.1, 0.15) is 6.61 Å². The largest absolute Gasteiger partial charge is 0.493 e. The zero-order valence-electron chi connectivity index (χ0n) is 16.4. The number of ether oxygens (including phenoxy) is 3. The van der Waals surface area contributed by atoms with Gasteiger partial charge in [0.25, 0.3) is 0 Å². The molecule has 3 aromatic rings. The first-order valence-electron chi connectivity index (χ1n) is 9.57. The molecule has 0 spiro atoms. The van der Waals surface area contributed by atoms with Crippen LogP contribution in [0.1, 0.15) is 34.5 Å². The molecule has 0 aromatic heterocycles. The molecule has 2 unspecified atom stereocenters. The molecule has 1 heterocycles. The molecule has 152 valence electrons. The Hall–Kier alpha value is -2.53. The van der Waals surface area contributed by atoms with Crippen molar-refractivity contribution in [3.8, 4) is 11.5 Å². The van der Waals surface area contributed by atoms with Gasteiger partial charge in [-0.25, -0.2) is 0 Å². The molecule has 0 saturated heterocycles. The molecular formula is C24H26ClNO3. The molecule has 0 aliphatic carbocycles. The van der Waals surface area contributed by atoms with Gasteiger partial charge < -0.3 is 19.9 Å². The Bertz CT molecular complexity index is 918. The van der Waals surface area contributed by atoms with Crippen molar-refractivity contribution < 1.29 is 14.2 Å². The minimum absolute atomic E-state index is 0. The first-order valence-corrected chi connectivity index (χ1v) is 9.57. The molecule has 1 aliphatic heterocycles. The zero-order valence-corrected chi connectivity index (χ0v) is 17.2. The highest BCUT2D eigenvalue weighted by atomic mass is 35.5. The predicted octanol–water partition coefficient (Wildman–Crippen LogP) is 5.01. The van der Waals surface area contributed by atoms with Crippen LogP contribution in [0.2, 0.25) is 0 Å².